The molecule has 24 heavy (non-hydrogen) atoms. The Morgan fingerprint density at radius 3 is 2.79 bits per heavy atom. The van der Waals surface area contributed by atoms with Crippen LogP contribution in [-0.4, -0.2) is 52.1 Å². The number of methoxy groups -OCH3 is 1. The summed E-state index contributed by atoms with van der Waals surface area (Å²) in [5.41, 5.74) is 1.14. The van der Waals surface area contributed by atoms with Crippen molar-refractivity contribution in [3.63, 3.8) is 0 Å². The molecule has 2 rings (SSSR count). The van der Waals surface area contributed by atoms with Crippen LogP contribution in [0.4, 0.5) is 0 Å². The van der Waals surface area contributed by atoms with Gasteiger partial charge in [0.1, 0.15) is 5.75 Å². The highest BCUT2D eigenvalue weighted by Crippen LogP contribution is 2.12. The third-order valence-corrected chi connectivity index (χ3v) is 3.79. The fourth-order valence-electron chi connectivity index (χ4n) is 2.48. The van der Waals surface area contributed by atoms with E-state index in [2.05, 4.69) is 22.5 Å². The lowest BCUT2D eigenvalue weighted by atomic mass is 10.2. The second-order valence-electron chi connectivity index (χ2n) is 5.68. The van der Waals surface area contributed by atoms with Gasteiger partial charge in [-0.25, -0.2) is 4.99 Å². The van der Waals surface area contributed by atoms with Gasteiger partial charge in [-0.05, 0) is 37.5 Å². The van der Waals surface area contributed by atoms with Crippen LogP contribution < -0.4 is 15.4 Å². The molecule has 1 atom stereocenters. The summed E-state index contributed by atoms with van der Waals surface area (Å²) in [6.07, 6.45) is 2.54. The molecule has 0 aromatic heterocycles. The van der Waals surface area contributed by atoms with Gasteiger partial charge in [0.15, 0.2) is 5.96 Å². The van der Waals surface area contributed by atoms with Crippen LogP contribution in [0.15, 0.2) is 29.3 Å². The summed E-state index contributed by atoms with van der Waals surface area (Å²) in [5.74, 6) is 1.66. The normalized spacial score (nSPS) is 17.8. The molecule has 1 heterocycles. The molecule has 134 valence electrons. The zero-order valence-corrected chi connectivity index (χ0v) is 14.7. The second kappa shape index (κ2) is 10.9. The number of guanidine groups is 1. The average Bonchev–Trinajstić information content (AvgIpc) is 3.13. The molecular formula is C18H29N3O3. The van der Waals surface area contributed by atoms with E-state index < -0.39 is 0 Å². The fourth-order valence-corrected chi connectivity index (χ4v) is 2.48. The summed E-state index contributed by atoms with van der Waals surface area (Å²) in [7, 11) is 1.67. The molecular weight excluding hydrogens is 306 g/mol. The lowest BCUT2D eigenvalue weighted by Crippen LogP contribution is -2.39. The maximum absolute atomic E-state index is 5.65. The van der Waals surface area contributed by atoms with Crippen LogP contribution in [0.5, 0.6) is 5.75 Å². The molecule has 1 unspecified atom stereocenters. The Bertz CT molecular complexity index is 485. The molecule has 0 saturated carbocycles. The van der Waals surface area contributed by atoms with Crippen molar-refractivity contribution in [2.75, 3.05) is 40.0 Å². The summed E-state index contributed by atoms with van der Waals surface area (Å²) in [4.78, 5) is 4.59. The Kier molecular flexibility index (Phi) is 8.41. The van der Waals surface area contributed by atoms with Gasteiger partial charge in [0, 0.05) is 19.7 Å². The van der Waals surface area contributed by atoms with E-state index in [1.54, 1.807) is 7.11 Å². The monoisotopic (exact) mass is 335 g/mol. The van der Waals surface area contributed by atoms with E-state index in [1.807, 2.05) is 24.3 Å². The minimum Gasteiger partial charge on any atom is -0.497 e. The Morgan fingerprint density at radius 1 is 1.29 bits per heavy atom. The maximum atomic E-state index is 5.65. The first-order valence-electron chi connectivity index (χ1n) is 8.66. The quantitative estimate of drug-likeness (QED) is 0.410. The van der Waals surface area contributed by atoms with Crippen molar-refractivity contribution in [1.29, 1.82) is 0 Å². The number of nitrogens with zero attached hydrogens (tertiary/aromatic N) is 1. The Hall–Kier alpha value is -1.79. The maximum Gasteiger partial charge on any atom is 0.191 e. The highest BCUT2D eigenvalue weighted by atomic mass is 16.5. The molecule has 0 bridgehead atoms. The standard InChI is InChI=1S/C18H29N3O3/c1-3-19-18(20-10-12-23-14-17-5-4-11-24-17)21-13-15-6-8-16(22-2)9-7-15/h6-9,17H,3-5,10-14H2,1-2H3,(H2,19,20,21). The highest BCUT2D eigenvalue weighted by Gasteiger charge is 2.14. The Morgan fingerprint density at radius 2 is 2.12 bits per heavy atom. The summed E-state index contributed by atoms with van der Waals surface area (Å²) in [5, 5.41) is 6.53. The highest BCUT2D eigenvalue weighted by molar-refractivity contribution is 5.79. The number of ether oxygens (including phenoxy) is 3. The number of hydrogen-bond donors (Lipinski definition) is 2. The summed E-state index contributed by atoms with van der Waals surface area (Å²) in [6, 6.07) is 7.95. The van der Waals surface area contributed by atoms with E-state index in [-0.39, 0.29) is 6.10 Å². The smallest absolute Gasteiger partial charge is 0.191 e. The molecule has 6 nitrogen and oxygen atoms in total. The van der Waals surface area contributed by atoms with Gasteiger partial charge in [-0.1, -0.05) is 12.1 Å². The fraction of sp³-hybridized carbons (Fsp3) is 0.611. The molecule has 6 heteroatoms. The first-order valence-corrected chi connectivity index (χ1v) is 8.66. The van der Waals surface area contributed by atoms with Crippen LogP contribution >= 0.6 is 0 Å². The lowest BCUT2D eigenvalue weighted by Gasteiger charge is -2.13. The molecule has 1 aliphatic heterocycles. The minimum atomic E-state index is 0.280. The van der Waals surface area contributed by atoms with Gasteiger partial charge < -0.3 is 24.8 Å². The van der Waals surface area contributed by atoms with Crippen molar-refractivity contribution in [3.05, 3.63) is 29.8 Å². The largest absolute Gasteiger partial charge is 0.497 e. The van der Waals surface area contributed by atoms with Gasteiger partial charge in [0.05, 0.1) is 33.0 Å². The molecule has 2 N–H and O–H groups in total. The van der Waals surface area contributed by atoms with Crippen LogP contribution in [0.2, 0.25) is 0 Å². The van der Waals surface area contributed by atoms with E-state index in [1.165, 1.54) is 0 Å². The van der Waals surface area contributed by atoms with Crippen LogP contribution in [-0.2, 0) is 16.0 Å². The van der Waals surface area contributed by atoms with Crippen molar-refractivity contribution in [2.24, 2.45) is 4.99 Å². The summed E-state index contributed by atoms with van der Waals surface area (Å²) < 4.78 is 16.3. The first kappa shape index (κ1) is 18.5. The topological polar surface area (TPSA) is 64.1 Å². The molecule has 0 radical (unpaired) electrons. The number of aliphatic imine (C=N–C) groups is 1. The Labute approximate surface area is 144 Å². The molecule has 0 amide bonds. The van der Waals surface area contributed by atoms with Crippen molar-refractivity contribution in [2.45, 2.75) is 32.4 Å². The Balaban J connectivity index is 1.69. The van der Waals surface area contributed by atoms with Crippen LogP contribution in [0.25, 0.3) is 0 Å². The van der Waals surface area contributed by atoms with E-state index in [0.29, 0.717) is 19.8 Å². The molecule has 0 spiro atoms. The molecule has 1 aliphatic rings. The SMILES string of the molecule is CCNC(=NCc1ccc(OC)cc1)NCCOCC1CCCO1. The van der Waals surface area contributed by atoms with Crippen molar-refractivity contribution in [1.82, 2.24) is 10.6 Å². The average molecular weight is 335 g/mol. The molecule has 0 aliphatic carbocycles. The van der Waals surface area contributed by atoms with E-state index >= 15 is 0 Å². The van der Waals surface area contributed by atoms with E-state index in [4.69, 9.17) is 14.2 Å². The molecule has 1 aromatic rings. The van der Waals surface area contributed by atoms with Gasteiger partial charge in [0.25, 0.3) is 0 Å². The van der Waals surface area contributed by atoms with E-state index in [0.717, 1.165) is 49.8 Å². The summed E-state index contributed by atoms with van der Waals surface area (Å²) in [6.45, 7) is 6.42. The predicted molar refractivity (Wildman–Crippen MR) is 95.6 cm³/mol. The van der Waals surface area contributed by atoms with Gasteiger partial charge >= 0.3 is 0 Å². The third kappa shape index (κ3) is 6.76. The molecule has 1 saturated heterocycles. The molecule has 1 aromatic carbocycles. The van der Waals surface area contributed by atoms with Gasteiger partial charge in [-0.2, -0.15) is 0 Å². The second-order valence-corrected chi connectivity index (χ2v) is 5.68. The van der Waals surface area contributed by atoms with Crippen LogP contribution in [0.1, 0.15) is 25.3 Å². The third-order valence-electron chi connectivity index (χ3n) is 3.79. The number of rotatable bonds is 9. The van der Waals surface area contributed by atoms with Gasteiger partial charge in [-0.3, -0.25) is 0 Å². The predicted octanol–water partition coefficient (Wildman–Crippen LogP) is 1.95. The van der Waals surface area contributed by atoms with Crippen molar-refractivity contribution in [3.8, 4) is 5.75 Å². The zero-order chi connectivity index (χ0) is 17.0. The lowest BCUT2D eigenvalue weighted by molar-refractivity contribution is 0.0191. The van der Waals surface area contributed by atoms with Crippen LogP contribution in [0.3, 0.4) is 0 Å². The summed E-state index contributed by atoms with van der Waals surface area (Å²) >= 11 is 0. The van der Waals surface area contributed by atoms with Crippen LogP contribution in [0, 0.1) is 0 Å². The van der Waals surface area contributed by atoms with Gasteiger partial charge in [0.2, 0.25) is 0 Å². The number of benzene rings is 1. The zero-order valence-electron chi connectivity index (χ0n) is 14.7. The first-order chi connectivity index (χ1) is 11.8. The number of nitrogens with one attached hydrogen (secondary N) is 2. The van der Waals surface area contributed by atoms with Gasteiger partial charge in [-0.15, -0.1) is 0 Å². The van der Waals surface area contributed by atoms with E-state index in [9.17, 15) is 0 Å². The van der Waals surface area contributed by atoms with Crippen molar-refractivity contribution < 1.29 is 14.2 Å². The number of hydrogen-bond acceptors (Lipinski definition) is 4. The molecule has 1 fully saturated rings. The minimum absolute atomic E-state index is 0.280. The van der Waals surface area contributed by atoms with Crippen molar-refractivity contribution >= 4 is 5.96 Å².